The summed E-state index contributed by atoms with van der Waals surface area (Å²) in [7, 11) is 0. The molecule has 1 aromatic heterocycles. The second-order valence-corrected chi connectivity index (χ2v) is 6.95. The first-order chi connectivity index (χ1) is 8.72. The van der Waals surface area contributed by atoms with Gasteiger partial charge in [0.2, 0.25) is 0 Å². The summed E-state index contributed by atoms with van der Waals surface area (Å²) < 4.78 is 2.04. The van der Waals surface area contributed by atoms with Crippen molar-refractivity contribution >= 4 is 37.7 Å². The number of pyridine rings is 1. The zero-order chi connectivity index (χ0) is 12.5. The first-order valence-electron chi connectivity index (χ1n) is 6.54. The summed E-state index contributed by atoms with van der Waals surface area (Å²) in [5.41, 5.74) is 0. The minimum atomic E-state index is 0.564. The van der Waals surface area contributed by atoms with Crippen molar-refractivity contribution in [2.24, 2.45) is 0 Å². The fourth-order valence-electron chi connectivity index (χ4n) is 3.07. The number of nitrogens with one attached hydrogen (secondary N) is 1. The lowest BCUT2D eigenvalue weighted by Crippen LogP contribution is -2.42. The fourth-order valence-corrected chi connectivity index (χ4v) is 4.17. The van der Waals surface area contributed by atoms with Crippen LogP contribution in [0.2, 0.25) is 0 Å². The molecule has 0 aliphatic carbocycles. The van der Waals surface area contributed by atoms with Crippen LogP contribution in [0.15, 0.2) is 21.2 Å². The quantitative estimate of drug-likeness (QED) is 0.856. The molecule has 2 atom stereocenters. The van der Waals surface area contributed by atoms with Crippen molar-refractivity contribution in [3.8, 4) is 0 Å². The molecule has 98 valence electrons. The number of nitrogens with zero attached hydrogens (tertiary/aromatic N) is 2. The third kappa shape index (κ3) is 2.73. The standard InChI is InChI=1S/C13H17Br2N3/c14-9-6-12(15)13(16-8-9)17-10-3-5-18-4-1-2-11(18)7-10/h6,8,10-11H,1-5,7H2,(H,16,17). The highest BCUT2D eigenvalue weighted by Crippen LogP contribution is 2.30. The summed E-state index contributed by atoms with van der Waals surface area (Å²) in [6.45, 7) is 2.54. The first kappa shape index (κ1) is 12.9. The number of aromatic nitrogens is 1. The number of hydrogen-bond acceptors (Lipinski definition) is 3. The number of rotatable bonds is 2. The van der Waals surface area contributed by atoms with Crippen LogP contribution in [-0.4, -0.2) is 35.1 Å². The van der Waals surface area contributed by atoms with Gasteiger partial charge in [-0.3, -0.25) is 0 Å². The predicted octanol–water partition coefficient (Wildman–Crippen LogP) is 3.65. The van der Waals surface area contributed by atoms with Crippen LogP contribution in [0, 0.1) is 0 Å². The summed E-state index contributed by atoms with van der Waals surface area (Å²) in [6.07, 6.45) is 7.06. The molecule has 3 heterocycles. The Morgan fingerprint density at radius 2 is 2.17 bits per heavy atom. The number of anilines is 1. The van der Waals surface area contributed by atoms with Crippen LogP contribution in [0.4, 0.5) is 5.82 Å². The Balaban J connectivity index is 1.66. The van der Waals surface area contributed by atoms with E-state index in [-0.39, 0.29) is 0 Å². The van der Waals surface area contributed by atoms with Gasteiger partial charge in [0.15, 0.2) is 0 Å². The van der Waals surface area contributed by atoms with Crippen LogP contribution < -0.4 is 5.32 Å². The van der Waals surface area contributed by atoms with Crippen molar-refractivity contribution < 1.29 is 0 Å². The van der Waals surface area contributed by atoms with Gasteiger partial charge in [-0.05, 0) is 70.2 Å². The lowest BCUT2D eigenvalue weighted by atomic mass is 9.97. The van der Waals surface area contributed by atoms with Gasteiger partial charge in [-0.15, -0.1) is 0 Å². The van der Waals surface area contributed by atoms with E-state index in [0.29, 0.717) is 6.04 Å². The second-order valence-electron chi connectivity index (χ2n) is 5.18. The van der Waals surface area contributed by atoms with Gasteiger partial charge in [-0.25, -0.2) is 4.98 Å². The number of hydrogen-bond donors (Lipinski definition) is 1. The summed E-state index contributed by atoms with van der Waals surface area (Å²) in [6, 6.07) is 3.40. The van der Waals surface area contributed by atoms with Gasteiger partial charge >= 0.3 is 0 Å². The number of fused-ring (bicyclic) bond motifs is 1. The van der Waals surface area contributed by atoms with E-state index in [4.69, 9.17) is 0 Å². The Labute approximate surface area is 125 Å². The van der Waals surface area contributed by atoms with E-state index in [2.05, 4.69) is 47.1 Å². The smallest absolute Gasteiger partial charge is 0.140 e. The zero-order valence-electron chi connectivity index (χ0n) is 10.2. The van der Waals surface area contributed by atoms with E-state index in [0.717, 1.165) is 20.8 Å². The van der Waals surface area contributed by atoms with Crippen LogP contribution in [0.3, 0.4) is 0 Å². The molecule has 3 nitrogen and oxygen atoms in total. The molecule has 2 aliphatic rings. The van der Waals surface area contributed by atoms with Crippen molar-refractivity contribution in [2.45, 2.75) is 37.8 Å². The molecule has 0 bridgehead atoms. The van der Waals surface area contributed by atoms with E-state index in [1.165, 1.54) is 38.8 Å². The zero-order valence-corrected chi connectivity index (χ0v) is 13.4. The van der Waals surface area contributed by atoms with Gasteiger partial charge in [-0.1, -0.05) is 0 Å². The topological polar surface area (TPSA) is 28.2 Å². The van der Waals surface area contributed by atoms with Crippen molar-refractivity contribution in [3.63, 3.8) is 0 Å². The molecule has 2 fully saturated rings. The fraction of sp³-hybridized carbons (Fsp3) is 0.615. The Hall–Kier alpha value is -0.130. The summed E-state index contributed by atoms with van der Waals surface area (Å²) in [5, 5.41) is 3.58. The van der Waals surface area contributed by atoms with Crippen LogP contribution in [-0.2, 0) is 0 Å². The maximum Gasteiger partial charge on any atom is 0.140 e. The highest BCUT2D eigenvalue weighted by atomic mass is 79.9. The molecule has 1 aromatic rings. The summed E-state index contributed by atoms with van der Waals surface area (Å²) in [5.74, 6) is 0.967. The largest absolute Gasteiger partial charge is 0.366 e. The molecule has 5 heteroatoms. The molecule has 0 spiro atoms. The summed E-state index contributed by atoms with van der Waals surface area (Å²) in [4.78, 5) is 7.08. The third-order valence-corrected chi connectivity index (χ3v) is 5.01. The molecule has 18 heavy (non-hydrogen) atoms. The first-order valence-corrected chi connectivity index (χ1v) is 8.12. The maximum absolute atomic E-state index is 4.44. The van der Waals surface area contributed by atoms with Crippen molar-refractivity contribution in [2.75, 3.05) is 18.4 Å². The molecule has 2 aliphatic heterocycles. The van der Waals surface area contributed by atoms with Gasteiger partial charge < -0.3 is 10.2 Å². The SMILES string of the molecule is Brc1cnc(NC2CCN3CCCC3C2)c(Br)c1. The molecule has 1 N–H and O–H groups in total. The Morgan fingerprint density at radius 3 is 3.00 bits per heavy atom. The molecule has 0 amide bonds. The van der Waals surface area contributed by atoms with E-state index in [9.17, 15) is 0 Å². The third-order valence-electron chi connectivity index (χ3n) is 3.97. The Kier molecular flexibility index (Phi) is 3.91. The maximum atomic E-state index is 4.44. The second kappa shape index (κ2) is 5.47. The highest BCUT2D eigenvalue weighted by molar-refractivity contribution is 9.11. The molecule has 3 rings (SSSR count). The molecule has 2 unspecified atom stereocenters. The van der Waals surface area contributed by atoms with Crippen LogP contribution >= 0.6 is 31.9 Å². The lowest BCUT2D eigenvalue weighted by Gasteiger charge is -2.35. The molecule has 2 saturated heterocycles. The monoisotopic (exact) mass is 373 g/mol. The average Bonchev–Trinajstić information content (AvgIpc) is 2.80. The number of piperidine rings is 1. The summed E-state index contributed by atoms with van der Waals surface area (Å²) >= 11 is 7.00. The van der Waals surface area contributed by atoms with Gasteiger partial charge in [0.05, 0.1) is 4.47 Å². The van der Waals surface area contributed by atoms with Crippen molar-refractivity contribution in [1.82, 2.24) is 9.88 Å². The minimum absolute atomic E-state index is 0.564. The molecular formula is C13H17Br2N3. The van der Waals surface area contributed by atoms with E-state index >= 15 is 0 Å². The van der Waals surface area contributed by atoms with Crippen molar-refractivity contribution in [3.05, 3.63) is 21.2 Å². The lowest BCUT2D eigenvalue weighted by molar-refractivity contribution is 0.188. The number of halogens is 2. The van der Waals surface area contributed by atoms with E-state index in [1.807, 2.05) is 12.3 Å². The van der Waals surface area contributed by atoms with Gasteiger partial charge in [-0.2, -0.15) is 0 Å². The molecule has 0 radical (unpaired) electrons. The molecule has 0 saturated carbocycles. The molecular weight excluding hydrogens is 358 g/mol. The average molecular weight is 375 g/mol. The Morgan fingerprint density at radius 1 is 1.28 bits per heavy atom. The van der Waals surface area contributed by atoms with Crippen LogP contribution in [0.5, 0.6) is 0 Å². The predicted molar refractivity (Wildman–Crippen MR) is 80.9 cm³/mol. The van der Waals surface area contributed by atoms with Crippen molar-refractivity contribution in [1.29, 1.82) is 0 Å². The van der Waals surface area contributed by atoms with Gasteiger partial charge in [0.1, 0.15) is 5.82 Å². The normalized spacial score (nSPS) is 28.1. The minimum Gasteiger partial charge on any atom is -0.366 e. The van der Waals surface area contributed by atoms with Crippen LogP contribution in [0.1, 0.15) is 25.7 Å². The van der Waals surface area contributed by atoms with E-state index < -0.39 is 0 Å². The van der Waals surface area contributed by atoms with Gasteiger partial charge in [0.25, 0.3) is 0 Å². The molecule has 0 aromatic carbocycles. The van der Waals surface area contributed by atoms with Gasteiger partial charge in [0, 0.05) is 29.3 Å². The van der Waals surface area contributed by atoms with E-state index in [1.54, 1.807) is 0 Å². The van der Waals surface area contributed by atoms with Crippen LogP contribution in [0.25, 0.3) is 0 Å². The Bertz CT molecular complexity index is 438. The highest BCUT2D eigenvalue weighted by Gasteiger charge is 2.31.